The largest absolute Gasteiger partial charge is 0.497 e. The molecule has 0 aliphatic rings. The average molecular weight is 469 g/mol. The minimum Gasteiger partial charge on any atom is -0.497 e. The summed E-state index contributed by atoms with van der Waals surface area (Å²) in [6.45, 7) is 3.00. The van der Waals surface area contributed by atoms with Crippen molar-refractivity contribution < 1.29 is 9.53 Å². The Kier molecular flexibility index (Phi) is 8.60. The van der Waals surface area contributed by atoms with E-state index in [2.05, 4.69) is 11.4 Å². The lowest BCUT2D eigenvalue weighted by molar-refractivity contribution is 0.216. The monoisotopic (exact) mass is 468 g/mol. The molecule has 0 fully saturated rings. The van der Waals surface area contributed by atoms with Crippen LogP contribution in [0, 0.1) is 0 Å². The van der Waals surface area contributed by atoms with E-state index >= 15 is 0 Å². The zero-order valence-electron chi connectivity index (χ0n) is 18.1. The summed E-state index contributed by atoms with van der Waals surface area (Å²) in [7, 11) is 1.60. The Morgan fingerprint density at radius 1 is 1.03 bits per heavy atom. The van der Waals surface area contributed by atoms with Crippen molar-refractivity contribution in [3.05, 3.63) is 99.5 Å². The first-order valence-electron chi connectivity index (χ1n) is 10.3. The van der Waals surface area contributed by atoms with Crippen LogP contribution in [0.4, 0.5) is 10.5 Å². The minimum absolute atomic E-state index is 0.191. The van der Waals surface area contributed by atoms with E-state index in [1.165, 1.54) is 0 Å². The quantitative estimate of drug-likeness (QED) is 0.380. The summed E-state index contributed by atoms with van der Waals surface area (Å²) in [5.41, 5.74) is 3.78. The highest BCUT2D eigenvalue weighted by molar-refractivity contribution is 6.35. The van der Waals surface area contributed by atoms with E-state index in [1.54, 1.807) is 24.1 Å². The lowest BCUT2D eigenvalue weighted by Gasteiger charge is -2.24. The van der Waals surface area contributed by atoms with Crippen molar-refractivity contribution >= 4 is 41.0 Å². The normalized spacial score (nSPS) is 11.2. The Balaban J connectivity index is 1.77. The Morgan fingerprint density at radius 3 is 2.53 bits per heavy atom. The number of ether oxygens (including phenoxy) is 1. The van der Waals surface area contributed by atoms with Gasteiger partial charge in [0.05, 0.1) is 7.11 Å². The molecule has 0 bridgehead atoms. The maximum absolute atomic E-state index is 13.2. The fraction of sp³-hybridized carbons (Fsp3) is 0.192. The first kappa shape index (κ1) is 23.7. The fourth-order valence-electron chi connectivity index (χ4n) is 3.32. The van der Waals surface area contributed by atoms with Gasteiger partial charge in [-0.3, -0.25) is 0 Å². The van der Waals surface area contributed by atoms with Crippen LogP contribution < -0.4 is 10.1 Å². The number of hydrogen-bond donors (Lipinski definition) is 1. The van der Waals surface area contributed by atoms with Gasteiger partial charge < -0.3 is 15.0 Å². The molecule has 32 heavy (non-hydrogen) atoms. The van der Waals surface area contributed by atoms with Gasteiger partial charge in [0.2, 0.25) is 0 Å². The van der Waals surface area contributed by atoms with Crippen molar-refractivity contribution in [2.24, 2.45) is 0 Å². The molecule has 0 unspecified atom stereocenters. The molecule has 0 saturated heterocycles. The average Bonchev–Trinajstić information content (AvgIpc) is 2.78. The van der Waals surface area contributed by atoms with Gasteiger partial charge in [-0.25, -0.2) is 4.79 Å². The van der Waals surface area contributed by atoms with Crippen molar-refractivity contribution in [2.75, 3.05) is 25.5 Å². The molecule has 0 saturated carbocycles. The summed E-state index contributed by atoms with van der Waals surface area (Å²) in [6.07, 6.45) is 2.70. The molecule has 0 aliphatic heterocycles. The van der Waals surface area contributed by atoms with Crippen LogP contribution in [0.15, 0.2) is 78.4 Å². The van der Waals surface area contributed by atoms with Crippen molar-refractivity contribution in [1.82, 2.24) is 4.90 Å². The SMILES string of the molecule is COc1cccc(NC(=O)N(CCc2ccc(Cl)cc2Cl)CC(C)=Cc2ccccc2)c1. The fourth-order valence-corrected chi connectivity index (χ4v) is 3.82. The van der Waals surface area contributed by atoms with Gasteiger partial charge in [0.15, 0.2) is 0 Å². The predicted molar refractivity (Wildman–Crippen MR) is 134 cm³/mol. The molecule has 6 heteroatoms. The first-order chi connectivity index (χ1) is 15.4. The number of anilines is 1. The van der Waals surface area contributed by atoms with E-state index < -0.39 is 0 Å². The van der Waals surface area contributed by atoms with Crippen molar-refractivity contribution in [3.63, 3.8) is 0 Å². The molecule has 1 N–H and O–H groups in total. The van der Waals surface area contributed by atoms with E-state index in [-0.39, 0.29) is 6.03 Å². The number of benzene rings is 3. The predicted octanol–water partition coefficient (Wildman–Crippen LogP) is 7.18. The van der Waals surface area contributed by atoms with Crippen LogP contribution in [-0.4, -0.2) is 31.1 Å². The highest BCUT2D eigenvalue weighted by atomic mass is 35.5. The molecule has 2 amide bonds. The summed E-state index contributed by atoms with van der Waals surface area (Å²) >= 11 is 12.4. The number of hydrogen-bond acceptors (Lipinski definition) is 2. The van der Waals surface area contributed by atoms with E-state index in [9.17, 15) is 4.79 Å². The third-order valence-corrected chi connectivity index (χ3v) is 5.51. The number of methoxy groups -OCH3 is 1. The van der Waals surface area contributed by atoms with Crippen LogP contribution in [0.25, 0.3) is 6.08 Å². The molecular formula is C26H26Cl2N2O2. The van der Waals surface area contributed by atoms with Gasteiger partial charge in [-0.2, -0.15) is 0 Å². The molecule has 166 valence electrons. The molecule has 3 rings (SSSR count). The molecule has 0 atom stereocenters. The van der Waals surface area contributed by atoms with Gasteiger partial charge in [0, 0.05) is 34.9 Å². The smallest absolute Gasteiger partial charge is 0.322 e. The third kappa shape index (κ3) is 7.04. The van der Waals surface area contributed by atoms with Gasteiger partial charge in [-0.1, -0.05) is 77.3 Å². The Hall–Kier alpha value is -2.95. The van der Waals surface area contributed by atoms with Gasteiger partial charge >= 0.3 is 6.03 Å². The van der Waals surface area contributed by atoms with Crippen molar-refractivity contribution in [2.45, 2.75) is 13.3 Å². The van der Waals surface area contributed by atoms with Gasteiger partial charge in [-0.15, -0.1) is 0 Å². The number of carbonyl (C=O) groups excluding carboxylic acids is 1. The minimum atomic E-state index is -0.191. The topological polar surface area (TPSA) is 41.6 Å². The van der Waals surface area contributed by atoms with Crippen LogP contribution in [0.5, 0.6) is 5.75 Å². The molecule has 0 heterocycles. The zero-order valence-corrected chi connectivity index (χ0v) is 19.7. The van der Waals surface area contributed by atoms with Crippen LogP contribution in [-0.2, 0) is 6.42 Å². The van der Waals surface area contributed by atoms with E-state index in [1.807, 2.05) is 67.6 Å². The summed E-state index contributed by atoms with van der Waals surface area (Å²) < 4.78 is 5.26. The maximum atomic E-state index is 13.2. The zero-order chi connectivity index (χ0) is 22.9. The molecule has 0 aliphatic carbocycles. The van der Waals surface area contributed by atoms with Gasteiger partial charge in [0.25, 0.3) is 0 Å². The van der Waals surface area contributed by atoms with Crippen molar-refractivity contribution in [3.8, 4) is 5.75 Å². The Bertz CT molecular complexity index is 1080. The highest BCUT2D eigenvalue weighted by Crippen LogP contribution is 2.22. The van der Waals surface area contributed by atoms with Gasteiger partial charge in [0.1, 0.15) is 5.75 Å². The number of halogens is 2. The van der Waals surface area contributed by atoms with E-state index in [4.69, 9.17) is 27.9 Å². The number of rotatable bonds is 8. The van der Waals surface area contributed by atoms with Crippen LogP contribution in [0.2, 0.25) is 10.0 Å². The second-order valence-electron chi connectivity index (χ2n) is 7.47. The number of nitrogens with one attached hydrogen (secondary N) is 1. The Morgan fingerprint density at radius 2 is 1.81 bits per heavy atom. The summed E-state index contributed by atoms with van der Waals surface area (Å²) in [4.78, 5) is 14.9. The molecule has 0 aromatic heterocycles. The number of amides is 2. The lowest BCUT2D eigenvalue weighted by atomic mass is 10.1. The molecular weight excluding hydrogens is 443 g/mol. The molecule has 3 aromatic carbocycles. The summed E-state index contributed by atoms with van der Waals surface area (Å²) in [5.74, 6) is 0.683. The Labute approximate surface area is 199 Å². The van der Waals surface area contributed by atoms with E-state index in [0.29, 0.717) is 41.0 Å². The van der Waals surface area contributed by atoms with Crippen molar-refractivity contribution in [1.29, 1.82) is 0 Å². The molecule has 0 radical (unpaired) electrons. The molecule has 3 aromatic rings. The maximum Gasteiger partial charge on any atom is 0.322 e. The van der Waals surface area contributed by atoms with Gasteiger partial charge in [-0.05, 0) is 48.7 Å². The third-order valence-electron chi connectivity index (χ3n) is 4.93. The van der Waals surface area contributed by atoms with Crippen LogP contribution in [0.1, 0.15) is 18.1 Å². The summed E-state index contributed by atoms with van der Waals surface area (Å²) in [5, 5.41) is 4.16. The number of nitrogens with zero attached hydrogens (tertiary/aromatic N) is 1. The highest BCUT2D eigenvalue weighted by Gasteiger charge is 2.15. The second kappa shape index (κ2) is 11.6. The second-order valence-corrected chi connectivity index (χ2v) is 8.31. The number of urea groups is 1. The first-order valence-corrected chi connectivity index (χ1v) is 11.1. The van der Waals surface area contributed by atoms with Crippen LogP contribution >= 0.6 is 23.2 Å². The lowest BCUT2D eigenvalue weighted by Crippen LogP contribution is -2.37. The standard InChI is InChI=1S/C26H26Cl2N2O2/c1-19(15-20-7-4-3-5-8-20)18-30(14-13-21-11-12-22(27)16-25(21)28)26(31)29-23-9-6-10-24(17-23)32-2/h3-12,15-17H,13-14,18H2,1-2H3,(H,29,31). The number of carbonyl (C=O) groups is 1. The van der Waals surface area contributed by atoms with E-state index in [0.717, 1.165) is 16.7 Å². The molecule has 4 nitrogen and oxygen atoms in total. The molecule has 0 spiro atoms. The van der Waals surface area contributed by atoms with Crippen LogP contribution in [0.3, 0.4) is 0 Å². The summed E-state index contributed by atoms with van der Waals surface area (Å²) in [6, 6.07) is 22.6.